The van der Waals surface area contributed by atoms with Crippen molar-refractivity contribution in [3.05, 3.63) is 23.2 Å². The average molecular weight is 401 g/mol. The van der Waals surface area contributed by atoms with Gasteiger partial charge in [0.05, 0.1) is 25.4 Å². The van der Waals surface area contributed by atoms with Crippen LogP contribution in [-0.4, -0.2) is 49.9 Å². The largest absolute Gasteiger partial charge is 0.493 e. The third-order valence-corrected chi connectivity index (χ3v) is 6.30. The maximum absolute atomic E-state index is 12.0. The predicted octanol–water partition coefficient (Wildman–Crippen LogP) is 3.65. The Kier molecular flexibility index (Phi) is 5.23. The first-order chi connectivity index (χ1) is 13.6. The van der Waals surface area contributed by atoms with Crippen LogP contribution in [0.4, 0.5) is 5.69 Å². The van der Waals surface area contributed by atoms with Gasteiger partial charge in [-0.25, -0.2) is 4.79 Å². The zero-order chi connectivity index (χ0) is 19.7. The van der Waals surface area contributed by atoms with E-state index in [0.29, 0.717) is 28.8 Å². The summed E-state index contributed by atoms with van der Waals surface area (Å²) in [5, 5.41) is 1.61. The number of aromatic nitrogens is 1. The van der Waals surface area contributed by atoms with Crippen molar-refractivity contribution in [1.82, 2.24) is 9.88 Å². The number of nitrogens with two attached hydrogens (primary N) is 1. The Morgan fingerprint density at radius 1 is 1.18 bits per heavy atom. The SMILES string of the molecule is COC(=O)c1sc2c(cnc3cc(OCN4CCCCC4)c(OC)cc32)c1N. The minimum atomic E-state index is -0.444. The van der Waals surface area contributed by atoms with Gasteiger partial charge in [-0.05, 0) is 18.9 Å². The van der Waals surface area contributed by atoms with Gasteiger partial charge in [0, 0.05) is 40.8 Å². The molecule has 2 aromatic heterocycles. The van der Waals surface area contributed by atoms with E-state index in [1.54, 1.807) is 13.3 Å². The van der Waals surface area contributed by atoms with Crippen molar-refractivity contribution in [2.24, 2.45) is 0 Å². The Labute approximate surface area is 167 Å². The topological polar surface area (TPSA) is 86.9 Å². The molecule has 7 nitrogen and oxygen atoms in total. The van der Waals surface area contributed by atoms with E-state index in [1.165, 1.54) is 37.7 Å². The van der Waals surface area contributed by atoms with Crippen molar-refractivity contribution >= 4 is 44.0 Å². The van der Waals surface area contributed by atoms with Gasteiger partial charge in [0.25, 0.3) is 0 Å². The minimum absolute atomic E-state index is 0.385. The van der Waals surface area contributed by atoms with E-state index in [2.05, 4.69) is 9.88 Å². The molecule has 148 valence electrons. The van der Waals surface area contributed by atoms with Crippen LogP contribution < -0.4 is 15.2 Å². The molecule has 0 aliphatic carbocycles. The van der Waals surface area contributed by atoms with Gasteiger partial charge >= 0.3 is 5.97 Å². The number of nitrogens with zero attached hydrogens (tertiary/aromatic N) is 2. The van der Waals surface area contributed by atoms with E-state index in [1.807, 2.05) is 12.1 Å². The van der Waals surface area contributed by atoms with Crippen LogP contribution in [0.15, 0.2) is 18.3 Å². The second kappa shape index (κ2) is 7.81. The second-order valence-electron chi connectivity index (χ2n) is 6.81. The Balaban J connectivity index is 1.73. The number of hydrogen-bond donors (Lipinski definition) is 1. The lowest BCUT2D eigenvalue weighted by molar-refractivity contribution is 0.0607. The zero-order valence-corrected chi connectivity index (χ0v) is 16.8. The molecule has 1 fully saturated rings. The molecule has 0 saturated carbocycles. The van der Waals surface area contributed by atoms with Crippen LogP contribution in [0.5, 0.6) is 11.5 Å². The molecular formula is C20H23N3O4S. The first-order valence-corrected chi connectivity index (χ1v) is 10.1. The number of thiophene rings is 1. The summed E-state index contributed by atoms with van der Waals surface area (Å²) in [7, 11) is 2.96. The number of esters is 1. The lowest BCUT2D eigenvalue weighted by atomic mass is 10.1. The van der Waals surface area contributed by atoms with Gasteiger partial charge in [0.1, 0.15) is 11.6 Å². The molecular weight excluding hydrogens is 378 g/mol. The van der Waals surface area contributed by atoms with E-state index >= 15 is 0 Å². The molecule has 0 bridgehead atoms. The monoisotopic (exact) mass is 401 g/mol. The van der Waals surface area contributed by atoms with Gasteiger partial charge in [-0.3, -0.25) is 9.88 Å². The smallest absolute Gasteiger partial charge is 0.350 e. The Morgan fingerprint density at radius 3 is 2.68 bits per heavy atom. The zero-order valence-electron chi connectivity index (χ0n) is 16.0. The lowest BCUT2D eigenvalue weighted by Crippen LogP contribution is -2.33. The van der Waals surface area contributed by atoms with E-state index in [4.69, 9.17) is 19.9 Å². The average Bonchev–Trinajstić information content (AvgIpc) is 3.08. The highest BCUT2D eigenvalue weighted by molar-refractivity contribution is 7.22. The van der Waals surface area contributed by atoms with E-state index in [-0.39, 0.29) is 0 Å². The van der Waals surface area contributed by atoms with E-state index in [9.17, 15) is 4.79 Å². The number of hydrogen-bond acceptors (Lipinski definition) is 8. The van der Waals surface area contributed by atoms with E-state index < -0.39 is 5.97 Å². The number of carbonyl (C=O) groups is 1. The van der Waals surface area contributed by atoms with Crippen LogP contribution in [0.25, 0.3) is 21.0 Å². The van der Waals surface area contributed by atoms with Crippen LogP contribution in [-0.2, 0) is 4.74 Å². The summed E-state index contributed by atoms with van der Waals surface area (Å²) in [5.74, 6) is 0.843. The Hall–Kier alpha value is -2.58. The molecule has 0 amide bonds. The number of anilines is 1. The first kappa shape index (κ1) is 18.8. The van der Waals surface area contributed by atoms with Crippen LogP contribution in [0.1, 0.15) is 28.9 Å². The Morgan fingerprint density at radius 2 is 1.96 bits per heavy atom. The maximum Gasteiger partial charge on any atom is 0.350 e. The van der Waals surface area contributed by atoms with Gasteiger partial charge in [-0.1, -0.05) is 6.42 Å². The number of benzene rings is 1. The van der Waals surface area contributed by atoms with Crippen molar-refractivity contribution in [2.75, 3.05) is 39.8 Å². The van der Waals surface area contributed by atoms with Gasteiger partial charge < -0.3 is 19.9 Å². The number of likely N-dealkylation sites (tertiary alicyclic amines) is 1. The van der Waals surface area contributed by atoms with Crippen molar-refractivity contribution in [1.29, 1.82) is 0 Å². The molecule has 0 unspecified atom stereocenters. The molecule has 3 aromatic rings. The van der Waals surface area contributed by atoms with Crippen LogP contribution in [0.3, 0.4) is 0 Å². The Bertz CT molecular complexity index is 1030. The first-order valence-electron chi connectivity index (χ1n) is 9.24. The van der Waals surface area contributed by atoms with Gasteiger partial charge in [-0.2, -0.15) is 0 Å². The molecule has 1 aliphatic rings. The molecule has 3 heterocycles. The number of ether oxygens (including phenoxy) is 3. The quantitative estimate of drug-likeness (QED) is 0.653. The number of rotatable bonds is 5. The molecule has 8 heteroatoms. The highest BCUT2D eigenvalue weighted by Gasteiger charge is 2.20. The number of carbonyl (C=O) groups excluding carboxylic acids is 1. The molecule has 1 saturated heterocycles. The third-order valence-electron chi connectivity index (χ3n) is 5.06. The third kappa shape index (κ3) is 3.33. The molecule has 4 rings (SSSR count). The van der Waals surface area contributed by atoms with Crippen molar-refractivity contribution in [2.45, 2.75) is 19.3 Å². The van der Waals surface area contributed by atoms with Gasteiger partial charge in [-0.15, -0.1) is 11.3 Å². The summed E-state index contributed by atoms with van der Waals surface area (Å²) in [6, 6.07) is 3.78. The fourth-order valence-corrected chi connectivity index (χ4v) is 4.66. The molecule has 0 spiro atoms. The summed E-state index contributed by atoms with van der Waals surface area (Å²) in [5.41, 5.74) is 7.30. The minimum Gasteiger partial charge on any atom is -0.493 e. The summed E-state index contributed by atoms with van der Waals surface area (Å²) in [4.78, 5) is 19.2. The van der Waals surface area contributed by atoms with Crippen molar-refractivity contribution < 1.29 is 19.0 Å². The van der Waals surface area contributed by atoms with Gasteiger partial charge in [0.2, 0.25) is 0 Å². The maximum atomic E-state index is 12.0. The molecule has 1 aliphatic heterocycles. The fourth-order valence-electron chi connectivity index (χ4n) is 3.52. The molecule has 28 heavy (non-hydrogen) atoms. The van der Waals surface area contributed by atoms with Crippen LogP contribution in [0.2, 0.25) is 0 Å². The second-order valence-corrected chi connectivity index (χ2v) is 7.83. The summed E-state index contributed by atoms with van der Waals surface area (Å²) in [6.07, 6.45) is 5.39. The number of nitrogen functional groups attached to an aromatic ring is 1. The van der Waals surface area contributed by atoms with E-state index in [0.717, 1.165) is 34.1 Å². The number of pyridine rings is 1. The molecule has 0 atom stereocenters. The summed E-state index contributed by atoms with van der Waals surface area (Å²) < 4.78 is 17.3. The van der Waals surface area contributed by atoms with Crippen molar-refractivity contribution in [3.8, 4) is 11.5 Å². The fraction of sp³-hybridized carbons (Fsp3) is 0.400. The highest BCUT2D eigenvalue weighted by atomic mass is 32.1. The predicted molar refractivity (Wildman–Crippen MR) is 110 cm³/mol. The number of piperidine rings is 1. The molecule has 0 radical (unpaired) electrons. The normalized spacial score (nSPS) is 15.1. The van der Waals surface area contributed by atoms with Crippen LogP contribution >= 0.6 is 11.3 Å². The summed E-state index contributed by atoms with van der Waals surface area (Å²) >= 11 is 1.30. The van der Waals surface area contributed by atoms with Crippen LogP contribution in [0, 0.1) is 0 Å². The molecule has 2 N–H and O–H groups in total. The van der Waals surface area contributed by atoms with Gasteiger partial charge in [0.15, 0.2) is 11.5 Å². The lowest BCUT2D eigenvalue weighted by Gasteiger charge is -2.26. The number of fused-ring (bicyclic) bond motifs is 3. The molecule has 1 aromatic carbocycles. The standard InChI is InChI=1S/C20H23N3O4S/c1-25-15-8-12-14(9-16(15)27-11-23-6-4-3-5-7-23)22-10-13-17(21)19(20(24)26-2)28-18(12)13/h8-10H,3-7,11,21H2,1-2H3. The highest BCUT2D eigenvalue weighted by Crippen LogP contribution is 2.41. The van der Waals surface area contributed by atoms with Crippen molar-refractivity contribution in [3.63, 3.8) is 0 Å². The summed E-state index contributed by atoms with van der Waals surface area (Å²) in [6.45, 7) is 2.64. The number of methoxy groups -OCH3 is 2.